The molecule has 4 heteroatoms. The van der Waals surface area contributed by atoms with Crippen molar-refractivity contribution >= 4 is 11.9 Å². The minimum atomic E-state index is -0.407. The molecule has 0 atom stereocenters. The highest BCUT2D eigenvalue weighted by Crippen LogP contribution is 2.01. The number of rotatable bonds is 4. The van der Waals surface area contributed by atoms with Crippen molar-refractivity contribution in [3.05, 3.63) is 18.3 Å². The minimum absolute atomic E-state index is 0.407. The van der Waals surface area contributed by atoms with Crippen molar-refractivity contribution in [2.75, 3.05) is 11.9 Å². The molecule has 0 bridgehead atoms. The molecule has 0 saturated carbocycles. The first-order valence-corrected chi connectivity index (χ1v) is 4.40. The topological polar surface area (TPSA) is 54.1 Å². The molecule has 0 aliphatic heterocycles. The molecule has 0 unspecified atom stereocenters. The van der Waals surface area contributed by atoms with Crippen LogP contribution >= 0.6 is 0 Å². The Morgan fingerprint density at radius 3 is 3.15 bits per heavy atom. The molecule has 1 aromatic heterocycles. The van der Waals surface area contributed by atoms with Gasteiger partial charge in [0.1, 0.15) is 5.82 Å². The second kappa shape index (κ2) is 5.24. The molecule has 2 N–H and O–H groups in total. The van der Waals surface area contributed by atoms with Gasteiger partial charge in [-0.15, -0.1) is 0 Å². The summed E-state index contributed by atoms with van der Waals surface area (Å²) in [5.41, 5.74) is 0. The zero-order valence-electron chi connectivity index (χ0n) is 7.67. The lowest BCUT2D eigenvalue weighted by atomic mass is 10.4. The van der Waals surface area contributed by atoms with E-state index in [1.54, 1.807) is 12.3 Å². The molecule has 0 radical (unpaired) electrons. The van der Waals surface area contributed by atoms with Crippen LogP contribution in [-0.2, 0) is 4.74 Å². The fourth-order valence-corrected chi connectivity index (χ4v) is 0.863. The van der Waals surface area contributed by atoms with Gasteiger partial charge in [-0.3, -0.25) is 5.32 Å². The van der Waals surface area contributed by atoms with Gasteiger partial charge in [0.05, 0.1) is 6.61 Å². The van der Waals surface area contributed by atoms with Crippen LogP contribution in [0.4, 0.5) is 10.6 Å². The van der Waals surface area contributed by atoms with Crippen molar-refractivity contribution in [2.45, 2.75) is 19.8 Å². The van der Waals surface area contributed by atoms with Crippen LogP contribution in [-0.4, -0.2) is 17.7 Å². The Morgan fingerprint density at radius 2 is 2.54 bits per heavy atom. The summed E-state index contributed by atoms with van der Waals surface area (Å²) in [6.07, 6.45) is 3.26. The molecule has 0 fully saturated rings. The first-order valence-electron chi connectivity index (χ1n) is 4.40. The van der Waals surface area contributed by atoms with Crippen molar-refractivity contribution in [3.63, 3.8) is 0 Å². The fraction of sp³-hybridized carbons (Fsp3) is 0.444. The van der Waals surface area contributed by atoms with Crippen LogP contribution in [0.1, 0.15) is 19.8 Å². The van der Waals surface area contributed by atoms with Crippen molar-refractivity contribution in [1.82, 2.24) is 4.98 Å². The molecule has 1 amide bonds. The van der Waals surface area contributed by atoms with Crippen LogP contribution in [0.5, 0.6) is 0 Å². The summed E-state index contributed by atoms with van der Waals surface area (Å²) in [5.74, 6) is 0.654. The first-order chi connectivity index (χ1) is 6.33. The molecule has 13 heavy (non-hydrogen) atoms. The third-order valence-corrected chi connectivity index (χ3v) is 1.57. The molecular weight excluding hydrogens is 168 g/mol. The Hall–Kier alpha value is -1.45. The smallest absolute Gasteiger partial charge is 0.412 e. The lowest BCUT2D eigenvalue weighted by molar-refractivity contribution is 0.160. The second-order valence-electron chi connectivity index (χ2n) is 2.70. The van der Waals surface area contributed by atoms with Gasteiger partial charge in [0, 0.05) is 6.20 Å². The maximum Gasteiger partial charge on any atom is 0.412 e. The van der Waals surface area contributed by atoms with Gasteiger partial charge in [-0.25, -0.2) is 4.79 Å². The monoisotopic (exact) mass is 182 g/mol. The Morgan fingerprint density at radius 1 is 1.69 bits per heavy atom. The van der Waals surface area contributed by atoms with Gasteiger partial charge >= 0.3 is 6.09 Å². The van der Waals surface area contributed by atoms with Crippen LogP contribution in [0.15, 0.2) is 18.3 Å². The summed E-state index contributed by atoms with van der Waals surface area (Å²) >= 11 is 0. The SMILES string of the molecule is CCCCOC(=O)Nc1ccc[nH]1. The standard InChI is InChI=1S/C9H14N2O2/c1-2-3-7-13-9(12)11-8-5-4-6-10-8/h4-6,10H,2-3,7H2,1H3,(H,11,12). The van der Waals surface area contributed by atoms with E-state index in [9.17, 15) is 4.79 Å². The molecule has 0 aromatic carbocycles. The summed E-state index contributed by atoms with van der Waals surface area (Å²) in [5, 5.41) is 2.56. The number of unbranched alkanes of at least 4 members (excludes halogenated alkanes) is 1. The van der Waals surface area contributed by atoms with Gasteiger partial charge in [-0.05, 0) is 18.6 Å². The largest absolute Gasteiger partial charge is 0.449 e. The first kappa shape index (κ1) is 9.64. The van der Waals surface area contributed by atoms with Crippen molar-refractivity contribution < 1.29 is 9.53 Å². The predicted molar refractivity (Wildman–Crippen MR) is 50.7 cm³/mol. The summed E-state index contributed by atoms with van der Waals surface area (Å²) in [7, 11) is 0. The van der Waals surface area contributed by atoms with E-state index in [1.807, 2.05) is 13.0 Å². The van der Waals surface area contributed by atoms with Crippen LogP contribution in [0.25, 0.3) is 0 Å². The molecule has 0 aliphatic rings. The minimum Gasteiger partial charge on any atom is -0.449 e. The number of aromatic nitrogens is 1. The van der Waals surface area contributed by atoms with E-state index in [0.717, 1.165) is 12.8 Å². The highest BCUT2D eigenvalue weighted by atomic mass is 16.5. The number of H-pyrrole nitrogens is 1. The average Bonchev–Trinajstić information content (AvgIpc) is 2.57. The number of anilines is 1. The van der Waals surface area contributed by atoms with Crippen LogP contribution < -0.4 is 5.32 Å². The number of hydrogen-bond donors (Lipinski definition) is 2. The number of hydrogen-bond acceptors (Lipinski definition) is 2. The highest BCUT2D eigenvalue weighted by molar-refractivity contribution is 5.83. The van der Waals surface area contributed by atoms with Gasteiger partial charge in [0.25, 0.3) is 0 Å². The number of carbonyl (C=O) groups is 1. The molecule has 0 spiro atoms. The van der Waals surface area contributed by atoms with E-state index < -0.39 is 6.09 Å². The van der Waals surface area contributed by atoms with Gasteiger partial charge in [0.2, 0.25) is 0 Å². The average molecular weight is 182 g/mol. The van der Waals surface area contributed by atoms with E-state index >= 15 is 0 Å². The Kier molecular flexibility index (Phi) is 3.88. The lowest BCUT2D eigenvalue weighted by Crippen LogP contribution is -2.14. The van der Waals surface area contributed by atoms with E-state index in [1.165, 1.54) is 0 Å². The molecular formula is C9H14N2O2. The van der Waals surface area contributed by atoms with Gasteiger partial charge in [-0.2, -0.15) is 0 Å². The molecule has 0 saturated heterocycles. The molecule has 1 rings (SSSR count). The van der Waals surface area contributed by atoms with Crippen molar-refractivity contribution in [1.29, 1.82) is 0 Å². The van der Waals surface area contributed by atoms with Gasteiger partial charge in [0.15, 0.2) is 0 Å². The Balaban J connectivity index is 2.18. The van der Waals surface area contributed by atoms with Gasteiger partial charge < -0.3 is 9.72 Å². The zero-order valence-corrected chi connectivity index (χ0v) is 7.67. The van der Waals surface area contributed by atoms with Gasteiger partial charge in [-0.1, -0.05) is 13.3 Å². The summed E-state index contributed by atoms with van der Waals surface area (Å²) in [6, 6.07) is 3.57. The number of amides is 1. The maximum atomic E-state index is 11.0. The quantitative estimate of drug-likeness (QED) is 0.702. The van der Waals surface area contributed by atoms with Crippen LogP contribution in [0.3, 0.4) is 0 Å². The maximum absolute atomic E-state index is 11.0. The molecule has 1 heterocycles. The zero-order chi connectivity index (χ0) is 9.52. The van der Waals surface area contributed by atoms with Crippen molar-refractivity contribution in [3.8, 4) is 0 Å². The molecule has 0 aliphatic carbocycles. The molecule has 1 aromatic rings. The summed E-state index contributed by atoms with van der Waals surface area (Å²) < 4.78 is 4.89. The summed E-state index contributed by atoms with van der Waals surface area (Å²) in [4.78, 5) is 13.9. The molecule has 4 nitrogen and oxygen atoms in total. The molecule has 72 valence electrons. The third-order valence-electron chi connectivity index (χ3n) is 1.57. The summed E-state index contributed by atoms with van der Waals surface area (Å²) in [6.45, 7) is 2.52. The van der Waals surface area contributed by atoms with Crippen LogP contribution in [0.2, 0.25) is 0 Å². The highest BCUT2D eigenvalue weighted by Gasteiger charge is 2.01. The number of carbonyl (C=O) groups excluding carboxylic acids is 1. The Bertz CT molecular complexity index is 244. The predicted octanol–water partition coefficient (Wildman–Crippen LogP) is 2.36. The fourth-order valence-electron chi connectivity index (χ4n) is 0.863. The number of aromatic amines is 1. The number of ether oxygens (including phenoxy) is 1. The van der Waals surface area contributed by atoms with E-state index in [4.69, 9.17) is 4.74 Å². The second-order valence-corrected chi connectivity index (χ2v) is 2.70. The third kappa shape index (κ3) is 3.64. The van der Waals surface area contributed by atoms with E-state index in [0.29, 0.717) is 12.4 Å². The van der Waals surface area contributed by atoms with Crippen LogP contribution in [0, 0.1) is 0 Å². The normalized spacial score (nSPS) is 9.62. The van der Waals surface area contributed by atoms with E-state index in [-0.39, 0.29) is 0 Å². The lowest BCUT2D eigenvalue weighted by Gasteiger charge is -2.03. The Labute approximate surface area is 77.3 Å². The van der Waals surface area contributed by atoms with Crippen molar-refractivity contribution in [2.24, 2.45) is 0 Å². The number of nitrogens with one attached hydrogen (secondary N) is 2. The van der Waals surface area contributed by atoms with E-state index in [2.05, 4.69) is 10.3 Å².